The molecule has 1 aliphatic heterocycles. The highest BCUT2D eigenvalue weighted by atomic mass is 16.2. The second-order valence-electron chi connectivity index (χ2n) is 6.30. The van der Waals surface area contributed by atoms with Crippen molar-refractivity contribution < 1.29 is 4.79 Å². The molecule has 0 bridgehead atoms. The molecule has 1 N–H and O–H groups in total. The Hall–Kier alpha value is -3.21. The van der Waals surface area contributed by atoms with Gasteiger partial charge in [0.05, 0.1) is 11.9 Å². The van der Waals surface area contributed by atoms with Gasteiger partial charge in [-0.15, -0.1) is 5.10 Å². The Balaban J connectivity index is 1.72. The van der Waals surface area contributed by atoms with E-state index in [2.05, 4.69) is 52.3 Å². The van der Waals surface area contributed by atoms with Crippen LogP contribution in [0.25, 0.3) is 10.9 Å². The molecular formula is C20H18N4O. The molecule has 25 heavy (non-hydrogen) atoms. The third-order valence-corrected chi connectivity index (χ3v) is 4.33. The maximum Gasteiger partial charge on any atom is 0.276 e. The van der Waals surface area contributed by atoms with Gasteiger partial charge in [-0.05, 0) is 26.0 Å². The van der Waals surface area contributed by atoms with Crippen LogP contribution in [0.1, 0.15) is 31.0 Å². The summed E-state index contributed by atoms with van der Waals surface area (Å²) in [7, 11) is 0. The van der Waals surface area contributed by atoms with Crippen LogP contribution in [0.3, 0.4) is 0 Å². The van der Waals surface area contributed by atoms with Crippen LogP contribution in [0.4, 0.5) is 5.69 Å². The number of carbonyl (C=O) groups is 1. The lowest BCUT2D eigenvalue weighted by Gasteiger charge is -2.08. The summed E-state index contributed by atoms with van der Waals surface area (Å²) in [6.45, 7) is 4.29. The lowest BCUT2D eigenvalue weighted by molar-refractivity contribution is -0.110. The van der Waals surface area contributed by atoms with E-state index in [4.69, 9.17) is 0 Å². The fourth-order valence-corrected chi connectivity index (χ4v) is 3.11. The van der Waals surface area contributed by atoms with E-state index >= 15 is 0 Å². The van der Waals surface area contributed by atoms with E-state index in [9.17, 15) is 4.79 Å². The van der Waals surface area contributed by atoms with Crippen LogP contribution >= 0.6 is 0 Å². The molecule has 1 amide bonds. The number of aromatic nitrogens is 1. The van der Waals surface area contributed by atoms with E-state index in [-0.39, 0.29) is 5.91 Å². The van der Waals surface area contributed by atoms with Crippen molar-refractivity contribution in [3.63, 3.8) is 0 Å². The molecule has 0 unspecified atom stereocenters. The fraction of sp³-hybridized carbons (Fsp3) is 0.150. The van der Waals surface area contributed by atoms with E-state index in [0.29, 0.717) is 11.8 Å². The highest BCUT2D eigenvalue weighted by Gasteiger charge is 2.25. The molecule has 2 aromatic carbocycles. The monoisotopic (exact) mass is 330 g/mol. The number of amides is 1. The largest absolute Gasteiger partial charge is 0.344 e. The van der Waals surface area contributed by atoms with Gasteiger partial charge in [-0.3, -0.25) is 4.79 Å². The minimum atomic E-state index is -0.219. The molecular weight excluding hydrogens is 312 g/mol. The smallest absolute Gasteiger partial charge is 0.276 e. The molecule has 2 heterocycles. The number of rotatable bonds is 3. The number of benzene rings is 2. The third-order valence-electron chi connectivity index (χ3n) is 4.33. The Kier molecular flexibility index (Phi) is 3.69. The Morgan fingerprint density at radius 2 is 1.84 bits per heavy atom. The van der Waals surface area contributed by atoms with E-state index in [0.717, 1.165) is 27.7 Å². The predicted octanol–water partition coefficient (Wildman–Crippen LogP) is 4.00. The van der Waals surface area contributed by atoms with Crippen molar-refractivity contribution in [1.82, 2.24) is 4.57 Å². The minimum Gasteiger partial charge on any atom is -0.344 e. The van der Waals surface area contributed by atoms with Gasteiger partial charge in [0.1, 0.15) is 0 Å². The van der Waals surface area contributed by atoms with Crippen molar-refractivity contribution in [1.29, 1.82) is 0 Å². The zero-order valence-corrected chi connectivity index (χ0v) is 14.1. The molecule has 0 saturated carbocycles. The normalized spacial score (nSPS) is 15.5. The fourth-order valence-electron chi connectivity index (χ4n) is 3.11. The molecule has 0 saturated heterocycles. The standard InChI is InChI=1S/C20H18N4O/c1-13(2)24-12-14(15-7-4-6-10-18(15)24)11-21-23-19-16-8-3-5-9-17(16)22-20(19)25/h3-13H,1-2H3,(H,22,23,25)/b21-11-. The summed E-state index contributed by atoms with van der Waals surface area (Å²) in [4.78, 5) is 12.1. The Bertz CT molecular complexity index is 1030. The van der Waals surface area contributed by atoms with Crippen molar-refractivity contribution in [2.45, 2.75) is 19.9 Å². The number of para-hydroxylation sites is 2. The van der Waals surface area contributed by atoms with Crippen LogP contribution in [-0.4, -0.2) is 22.4 Å². The van der Waals surface area contributed by atoms with Crippen molar-refractivity contribution in [3.8, 4) is 0 Å². The summed E-state index contributed by atoms with van der Waals surface area (Å²) in [5, 5.41) is 12.3. The van der Waals surface area contributed by atoms with Gasteiger partial charge in [0, 0.05) is 34.3 Å². The molecule has 124 valence electrons. The Labute approximate surface area is 145 Å². The first kappa shape index (κ1) is 15.3. The highest BCUT2D eigenvalue weighted by Crippen LogP contribution is 2.24. The van der Waals surface area contributed by atoms with Gasteiger partial charge in [0.2, 0.25) is 0 Å². The maximum absolute atomic E-state index is 12.1. The number of carbonyl (C=O) groups excluding carboxylic acids is 1. The molecule has 0 atom stereocenters. The highest BCUT2D eigenvalue weighted by molar-refractivity contribution is 6.53. The van der Waals surface area contributed by atoms with Gasteiger partial charge in [0.15, 0.2) is 5.71 Å². The second-order valence-corrected chi connectivity index (χ2v) is 6.30. The zero-order chi connectivity index (χ0) is 17.4. The molecule has 5 nitrogen and oxygen atoms in total. The van der Waals surface area contributed by atoms with Crippen LogP contribution in [0.2, 0.25) is 0 Å². The van der Waals surface area contributed by atoms with Crippen LogP contribution in [0, 0.1) is 0 Å². The number of hydrogen-bond acceptors (Lipinski definition) is 3. The number of anilines is 1. The van der Waals surface area contributed by atoms with Gasteiger partial charge in [-0.25, -0.2) is 0 Å². The van der Waals surface area contributed by atoms with Gasteiger partial charge < -0.3 is 9.88 Å². The van der Waals surface area contributed by atoms with Crippen molar-refractivity contribution in [2.75, 3.05) is 5.32 Å². The van der Waals surface area contributed by atoms with Gasteiger partial charge in [0.25, 0.3) is 5.91 Å². The van der Waals surface area contributed by atoms with Crippen LogP contribution in [-0.2, 0) is 4.79 Å². The maximum atomic E-state index is 12.1. The Morgan fingerprint density at radius 1 is 1.08 bits per heavy atom. The quantitative estimate of drug-likeness (QED) is 0.573. The number of fused-ring (bicyclic) bond motifs is 2. The van der Waals surface area contributed by atoms with E-state index in [1.807, 2.05) is 36.4 Å². The topological polar surface area (TPSA) is 58.8 Å². The first-order valence-electron chi connectivity index (χ1n) is 8.26. The average Bonchev–Trinajstić information content (AvgIpc) is 3.13. The average molecular weight is 330 g/mol. The van der Waals surface area contributed by atoms with Crippen LogP contribution in [0.5, 0.6) is 0 Å². The summed E-state index contributed by atoms with van der Waals surface area (Å²) < 4.78 is 2.21. The molecule has 3 aromatic rings. The molecule has 0 aliphatic carbocycles. The minimum absolute atomic E-state index is 0.219. The molecule has 1 aliphatic rings. The molecule has 4 rings (SSSR count). The SMILES string of the molecule is CC(C)n1cc(/C=N\N=C2\C(=O)Nc3ccccc32)c2ccccc21. The molecule has 5 heteroatoms. The third kappa shape index (κ3) is 2.63. The summed E-state index contributed by atoms with van der Waals surface area (Å²) in [5.74, 6) is -0.219. The molecule has 0 fully saturated rings. The van der Waals surface area contributed by atoms with Crippen LogP contribution < -0.4 is 5.32 Å². The number of nitrogens with one attached hydrogen (secondary N) is 1. The van der Waals surface area contributed by atoms with Gasteiger partial charge >= 0.3 is 0 Å². The summed E-state index contributed by atoms with van der Waals surface area (Å²) in [5.41, 5.74) is 4.06. The van der Waals surface area contributed by atoms with Crippen LogP contribution in [0.15, 0.2) is 64.9 Å². The first-order valence-corrected chi connectivity index (χ1v) is 8.26. The Morgan fingerprint density at radius 3 is 2.68 bits per heavy atom. The molecule has 1 aromatic heterocycles. The first-order chi connectivity index (χ1) is 12.1. The second kappa shape index (κ2) is 6.02. The predicted molar refractivity (Wildman–Crippen MR) is 102 cm³/mol. The number of hydrogen-bond donors (Lipinski definition) is 1. The summed E-state index contributed by atoms with van der Waals surface area (Å²) >= 11 is 0. The zero-order valence-electron chi connectivity index (χ0n) is 14.1. The molecule has 0 radical (unpaired) electrons. The van der Waals surface area contributed by atoms with Gasteiger partial charge in [-0.2, -0.15) is 5.10 Å². The molecule has 0 spiro atoms. The lowest BCUT2D eigenvalue weighted by atomic mass is 10.1. The number of nitrogens with zero attached hydrogens (tertiary/aromatic N) is 3. The van der Waals surface area contributed by atoms with E-state index < -0.39 is 0 Å². The van der Waals surface area contributed by atoms with E-state index in [1.54, 1.807) is 6.21 Å². The van der Waals surface area contributed by atoms with E-state index in [1.165, 1.54) is 0 Å². The summed E-state index contributed by atoms with van der Waals surface area (Å²) in [6, 6.07) is 16.0. The van der Waals surface area contributed by atoms with Gasteiger partial charge in [-0.1, -0.05) is 36.4 Å². The van der Waals surface area contributed by atoms with Crippen molar-refractivity contribution in [3.05, 3.63) is 65.9 Å². The lowest BCUT2D eigenvalue weighted by Crippen LogP contribution is -2.13. The van der Waals surface area contributed by atoms with Crippen molar-refractivity contribution in [2.24, 2.45) is 10.2 Å². The van der Waals surface area contributed by atoms with Crippen molar-refractivity contribution >= 4 is 34.4 Å². The summed E-state index contributed by atoms with van der Waals surface area (Å²) in [6.07, 6.45) is 3.78.